The van der Waals surface area contributed by atoms with Crippen molar-refractivity contribution in [3.8, 4) is 6.07 Å². The maximum atomic E-state index is 13.0. The summed E-state index contributed by atoms with van der Waals surface area (Å²) < 4.78 is 38.9. The Balaban J connectivity index is 1.99. The summed E-state index contributed by atoms with van der Waals surface area (Å²) >= 11 is 0. The highest BCUT2D eigenvalue weighted by Crippen LogP contribution is 2.34. The number of aromatic nitrogens is 1. The number of benzene rings is 1. The lowest BCUT2D eigenvalue weighted by Crippen LogP contribution is -2.52. The first-order valence-electron chi connectivity index (χ1n) is 7.72. The van der Waals surface area contributed by atoms with Gasteiger partial charge in [-0.3, -0.25) is 0 Å². The van der Waals surface area contributed by atoms with E-state index < -0.39 is 18.3 Å². The predicted molar refractivity (Wildman–Crippen MR) is 83.5 cm³/mol. The third-order valence-electron chi connectivity index (χ3n) is 4.43. The number of nitrogens with zero attached hydrogens (tertiary/aromatic N) is 3. The number of hydrogen-bond acceptors (Lipinski definition) is 4. The molecule has 1 aromatic carbocycles. The number of hydrogen-bond donors (Lipinski definition) is 1. The molecule has 1 saturated heterocycles. The van der Waals surface area contributed by atoms with Gasteiger partial charge in [0.1, 0.15) is 11.8 Å². The van der Waals surface area contributed by atoms with Crippen molar-refractivity contribution in [2.45, 2.75) is 37.6 Å². The second kappa shape index (κ2) is 6.29. The summed E-state index contributed by atoms with van der Waals surface area (Å²) in [6.45, 7) is 0.458. The Kier molecular flexibility index (Phi) is 4.33. The van der Waals surface area contributed by atoms with Crippen molar-refractivity contribution in [3.63, 3.8) is 0 Å². The molecule has 126 valence electrons. The summed E-state index contributed by atoms with van der Waals surface area (Å²) in [5.41, 5.74) is 0.898. The normalized spacial score (nSPS) is 20.0. The van der Waals surface area contributed by atoms with Crippen molar-refractivity contribution in [1.82, 2.24) is 4.98 Å². The van der Waals surface area contributed by atoms with Crippen LogP contribution >= 0.6 is 0 Å². The number of aliphatic hydroxyl groups excluding tert-OH is 1. The van der Waals surface area contributed by atoms with Crippen LogP contribution < -0.4 is 4.90 Å². The van der Waals surface area contributed by atoms with Gasteiger partial charge < -0.3 is 10.0 Å². The minimum absolute atomic E-state index is 0.282. The fourth-order valence-corrected chi connectivity index (χ4v) is 3.26. The summed E-state index contributed by atoms with van der Waals surface area (Å²) in [5, 5.41) is 20.2. The molecule has 1 aromatic heterocycles. The van der Waals surface area contributed by atoms with Gasteiger partial charge in [-0.2, -0.15) is 18.4 Å². The number of rotatable bonds is 2. The lowest BCUT2D eigenvalue weighted by Gasteiger charge is -2.40. The van der Waals surface area contributed by atoms with Crippen LogP contribution in [-0.4, -0.2) is 35.0 Å². The Hall–Kier alpha value is -2.33. The molecule has 2 heterocycles. The number of piperidine rings is 1. The standard InChI is InChI=1S/C17H16F3N3O/c18-17(19,20)16(24)15-3-1-2-8-23(15)12-4-5-13-11(9-12)6-7-22-14(13)10-21/h4-7,9,15-16,24H,1-3,8H2/t15-,16-/m1/s1. The minimum atomic E-state index is -4.64. The number of halogens is 3. The van der Waals surface area contributed by atoms with E-state index in [0.29, 0.717) is 30.5 Å². The molecule has 0 bridgehead atoms. The largest absolute Gasteiger partial charge is 0.416 e. The van der Waals surface area contributed by atoms with Crippen molar-refractivity contribution < 1.29 is 18.3 Å². The Morgan fingerprint density at radius 1 is 1.29 bits per heavy atom. The third kappa shape index (κ3) is 3.02. The molecular weight excluding hydrogens is 319 g/mol. The monoisotopic (exact) mass is 335 g/mol. The molecule has 0 unspecified atom stereocenters. The quantitative estimate of drug-likeness (QED) is 0.914. The summed E-state index contributed by atoms with van der Waals surface area (Å²) in [5.74, 6) is 0. The summed E-state index contributed by atoms with van der Waals surface area (Å²) in [7, 11) is 0. The average Bonchev–Trinajstić information content (AvgIpc) is 2.59. The van der Waals surface area contributed by atoms with E-state index in [1.165, 1.54) is 6.20 Å². The Labute approximate surface area is 137 Å². The maximum absolute atomic E-state index is 13.0. The van der Waals surface area contributed by atoms with Gasteiger partial charge in [0.05, 0.1) is 6.04 Å². The SMILES string of the molecule is N#Cc1nccc2cc(N3CCCC[C@@H]3[C@@H](O)C(F)(F)F)ccc12. The van der Waals surface area contributed by atoms with Crippen molar-refractivity contribution in [3.05, 3.63) is 36.2 Å². The second-order valence-corrected chi connectivity index (χ2v) is 5.92. The molecule has 0 saturated carbocycles. The van der Waals surface area contributed by atoms with E-state index in [0.717, 1.165) is 11.8 Å². The van der Waals surface area contributed by atoms with E-state index in [1.54, 1.807) is 29.2 Å². The van der Waals surface area contributed by atoms with Gasteiger partial charge in [0, 0.05) is 23.8 Å². The van der Waals surface area contributed by atoms with E-state index in [2.05, 4.69) is 4.98 Å². The molecular formula is C17H16F3N3O. The van der Waals surface area contributed by atoms with Gasteiger partial charge in [-0.1, -0.05) is 0 Å². The molecule has 0 spiro atoms. The smallest absolute Gasteiger partial charge is 0.382 e. The molecule has 0 amide bonds. The third-order valence-corrected chi connectivity index (χ3v) is 4.43. The molecule has 1 fully saturated rings. The fraction of sp³-hybridized carbons (Fsp3) is 0.412. The summed E-state index contributed by atoms with van der Waals surface area (Å²) in [6, 6.07) is 7.86. The minimum Gasteiger partial charge on any atom is -0.382 e. The number of nitriles is 1. The van der Waals surface area contributed by atoms with Crippen LogP contribution in [0.1, 0.15) is 25.0 Å². The molecule has 7 heteroatoms. The average molecular weight is 335 g/mol. The van der Waals surface area contributed by atoms with Gasteiger partial charge in [0.2, 0.25) is 0 Å². The van der Waals surface area contributed by atoms with E-state index >= 15 is 0 Å². The van der Waals surface area contributed by atoms with Crippen molar-refractivity contribution >= 4 is 16.5 Å². The molecule has 3 rings (SSSR count). The zero-order valence-corrected chi connectivity index (χ0v) is 12.8. The molecule has 2 atom stereocenters. The van der Waals surface area contributed by atoms with Crippen LogP contribution in [0.15, 0.2) is 30.5 Å². The van der Waals surface area contributed by atoms with Crippen LogP contribution in [0.25, 0.3) is 10.8 Å². The van der Waals surface area contributed by atoms with E-state index in [9.17, 15) is 18.3 Å². The van der Waals surface area contributed by atoms with E-state index in [4.69, 9.17) is 5.26 Å². The molecule has 1 N–H and O–H groups in total. The van der Waals surface area contributed by atoms with Gasteiger partial charge in [-0.05, 0) is 48.9 Å². The first-order chi connectivity index (χ1) is 11.4. The van der Waals surface area contributed by atoms with Crippen LogP contribution in [0.2, 0.25) is 0 Å². The van der Waals surface area contributed by atoms with Crippen LogP contribution in [0.3, 0.4) is 0 Å². The van der Waals surface area contributed by atoms with Gasteiger partial charge in [-0.15, -0.1) is 0 Å². The Morgan fingerprint density at radius 2 is 2.08 bits per heavy atom. The lowest BCUT2D eigenvalue weighted by atomic mass is 9.95. The molecule has 24 heavy (non-hydrogen) atoms. The van der Waals surface area contributed by atoms with Crippen LogP contribution in [0, 0.1) is 11.3 Å². The summed E-state index contributed by atoms with van der Waals surface area (Å²) in [6.07, 6.45) is -3.79. The zero-order chi connectivity index (χ0) is 17.3. The maximum Gasteiger partial charge on any atom is 0.416 e. The second-order valence-electron chi connectivity index (χ2n) is 5.92. The molecule has 1 aliphatic rings. The van der Waals surface area contributed by atoms with Gasteiger partial charge in [-0.25, -0.2) is 4.98 Å². The molecule has 0 aliphatic carbocycles. The highest BCUT2D eigenvalue weighted by atomic mass is 19.4. The molecule has 4 nitrogen and oxygen atoms in total. The number of pyridine rings is 1. The Morgan fingerprint density at radius 3 is 2.79 bits per heavy atom. The molecule has 0 radical (unpaired) electrons. The van der Waals surface area contributed by atoms with Crippen molar-refractivity contribution in [1.29, 1.82) is 5.26 Å². The van der Waals surface area contributed by atoms with Crippen LogP contribution in [-0.2, 0) is 0 Å². The van der Waals surface area contributed by atoms with E-state index in [-0.39, 0.29) is 5.69 Å². The van der Waals surface area contributed by atoms with Gasteiger partial charge in [0.15, 0.2) is 6.10 Å². The van der Waals surface area contributed by atoms with Crippen molar-refractivity contribution in [2.24, 2.45) is 0 Å². The Bertz CT molecular complexity index is 785. The highest BCUT2D eigenvalue weighted by Gasteiger charge is 2.46. The first kappa shape index (κ1) is 16.5. The van der Waals surface area contributed by atoms with Gasteiger partial charge in [0.25, 0.3) is 0 Å². The van der Waals surface area contributed by atoms with Gasteiger partial charge >= 0.3 is 6.18 Å². The first-order valence-corrected chi connectivity index (χ1v) is 7.72. The lowest BCUT2D eigenvalue weighted by molar-refractivity contribution is -0.211. The summed E-state index contributed by atoms with van der Waals surface area (Å²) in [4.78, 5) is 5.60. The molecule has 1 aliphatic heterocycles. The number of aliphatic hydroxyl groups is 1. The number of anilines is 1. The van der Waals surface area contributed by atoms with Crippen LogP contribution in [0.5, 0.6) is 0 Å². The zero-order valence-electron chi connectivity index (χ0n) is 12.8. The van der Waals surface area contributed by atoms with Crippen LogP contribution in [0.4, 0.5) is 18.9 Å². The highest BCUT2D eigenvalue weighted by molar-refractivity contribution is 5.89. The predicted octanol–water partition coefficient (Wildman–Crippen LogP) is 3.39. The number of alkyl halides is 3. The topological polar surface area (TPSA) is 60.2 Å². The fourth-order valence-electron chi connectivity index (χ4n) is 3.26. The number of fused-ring (bicyclic) bond motifs is 1. The van der Waals surface area contributed by atoms with E-state index in [1.807, 2.05) is 6.07 Å². The molecule has 2 aromatic rings. The van der Waals surface area contributed by atoms with Crippen molar-refractivity contribution in [2.75, 3.05) is 11.4 Å².